The van der Waals surface area contributed by atoms with Gasteiger partial charge in [-0.25, -0.2) is 4.98 Å². The Morgan fingerprint density at radius 3 is 2.76 bits per heavy atom. The Morgan fingerprint density at radius 2 is 2.14 bits per heavy atom. The molecule has 0 bridgehead atoms. The molecule has 0 atom stereocenters. The Balaban J connectivity index is 2.20. The number of alkyl halides is 3. The first-order valence-electron chi connectivity index (χ1n) is 5.55. The predicted octanol–water partition coefficient (Wildman–Crippen LogP) is 4.30. The number of rotatable bonds is 4. The van der Waals surface area contributed by atoms with E-state index >= 15 is 0 Å². The molecule has 0 spiro atoms. The molecule has 2 N–H and O–H groups in total. The molecule has 0 radical (unpaired) electrons. The monoisotopic (exact) mass is 380 g/mol. The fourth-order valence-electron chi connectivity index (χ4n) is 1.54. The summed E-state index contributed by atoms with van der Waals surface area (Å²) >= 11 is 3.98. The minimum absolute atomic E-state index is 0.0498. The lowest BCUT2D eigenvalue weighted by Crippen LogP contribution is -2.06. The van der Waals surface area contributed by atoms with Crippen molar-refractivity contribution < 1.29 is 23.1 Å². The number of carboxylic acids is 1. The van der Waals surface area contributed by atoms with E-state index in [9.17, 15) is 18.0 Å². The van der Waals surface area contributed by atoms with E-state index in [1.54, 1.807) is 5.38 Å². The van der Waals surface area contributed by atoms with E-state index in [1.807, 2.05) is 0 Å². The molecule has 112 valence electrons. The van der Waals surface area contributed by atoms with Crippen molar-refractivity contribution in [2.75, 3.05) is 5.32 Å². The highest BCUT2D eigenvalue weighted by atomic mass is 79.9. The maximum absolute atomic E-state index is 12.8. The molecule has 0 aliphatic heterocycles. The number of thiazole rings is 1. The van der Waals surface area contributed by atoms with Crippen LogP contribution in [0.5, 0.6) is 0 Å². The van der Waals surface area contributed by atoms with Crippen LogP contribution in [0.2, 0.25) is 0 Å². The van der Waals surface area contributed by atoms with Crippen molar-refractivity contribution in [1.29, 1.82) is 0 Å². The van der Waals surface area contributed by atoms with E-state index in [-0.39, 0.29) is 16.6 Å². The van der Waals surface area contributed by atoms with Gasteiger partial charge in [-0.3, -0.25) is 4.79 Å². The van der Waals surface area contributed by atoms with Gasteiger partial charge in [0.05, 0.1) is 17.7 Å². The van der Waals surface area contributed by atoms with Crippen molar-refractivity contribution >= 4 is 44.1 Å². The zero-order valence-corrected chi connectivity index (χ0v) is 12.6. The van der Waals surface area contributed by atoms with Gasteiger partial charge >= 0.3 is 12.1 Å². The molecular formula is C12H8BrF3N2O2S. The first kappa shape index (κ1) is 15.8. The third kappa shape index (κ3) is 4.18. The van der Waals surface area contributed by atoms with Crippen molar-refractivity contribution in [1.82, 2.24) is 4.98 Å². The number of benzene rings is 1. The summed E-state index contributed by atoms with van der Waals surface area (Å²) in [6, 6.07) is 3.72. The molecule has 2 rings (SSSR count). The van der Waals surface area contributed by atoms with E-state index in [1.165, 1.54) is 12.1 Å². The zero-order valence-electron chi connectivity index (χ0n) is 10.2. The first-order valence-corrected chi connectivity index (χ1v) is 7.23. The maximum atomic E-state index is 12.8. The van der Waals surface area contributed by atoms with Crippen LogP contribution in [0.15, 0.2) is 28.1 Å². The van der Waals surface area contributed by atoms with Gasteiger partial charge in [0.25, 0.3) is 0 Å². The molecule has 4 nitrogen and oxygen atoms in total. The van der Waals surface area contributed by atoms with Gasteiger partial charge in [-0.15, -0.1) is 11.3 Å². The van der Waals surface area contributed by atoms with Crippen LogP contribution < -0.4 is 5.32 Å². The number of halogens is 4. The second-order valence-corrected chi connectivity index (χ2v) is 5.74. The number of hydrogen-bond acceptors (Lipinski definition) is 4. The average molecular weight is 381 g/mol. The molecule has 1 aromatic heterocycles. The maximum Gasteiger partial charge on any atom is 0.417 e. The number of carbonyl (C=O) groups is 1. The lowest BCUT2D eigenvalue weighted by molar-refractivity contribution is -0.138. The largest absolute Gasteiger partial charge is 0.481 e. The molecule has 0 saturated carbocycles. The summed E-state index contributed by atoms with van der Waals surface area (Å²) in [4.78, 5) is 14.5. The summed E-state index contributed by atoms with van der Waals surface area (Å²) in [6.45, 7) is 0. The molecule has 0 unspecified atom stereocenters. The van der Waals surface area contributed by atoms with E-state index in [0.29, 0.717) is 10.8 Å². The second-order valence-electron chi connectivity index (χ2n) is 4.03. The summed E-state index contributed by atoms with van der Waals surface area (Å²) < 4.78 is 38.3. The summed E-state index contributed by atoms with van der Waals surface area (Å²) in [5, 5.41) is 13.2. The van der Waals surface area contributed by atoms with Crippen molar-refractivity contribution in [3.05, 3.63) is 39.3 Å². The van der Waals surface area contributed by atoms with Crippen LogP contribution >= 0.6 is 27.3 Å². The summed E-state index contributed by atoms with van der Waals surface area (Å²) in [5.41, 5.74) is -0.222. The number of hydrogen-bond donors (Lipinski definition) is 2. The predicted molar refractivity (Wildman–Crippen MR) is 75.9 cm³/mol. The molecule has 1 heterocycles. The first-order chi connectivity index (χ1) is 9.75. The molecule has 0 aliphatic rings. The second kappa shape index (κ2) is 6.02. The van der Waals surface area contributed by atoms with Gasteiger partial charge in [-0.2, -0.15) is 13.2 Å². The number of aromatic nitrogens is 1. The van der Waals surface area contributed by atoms with Gasteiger partial charge in [0, 0.05) is 15.5 Å². The topological polar surface area (TPSA) is 62.2 Å². The minimum Gasteiger partial charge on any atom is -0.481 e. The van der Waals surface area contributed by atoms with Gasteiger partial charge in [-0.05, 0) is 18.2 Å². The van der Waals surface area contributed by atoms with Crippen molar-refractivity contribution in [2.45, 2.75) is 12.6 Å². The highest BCUT2D eigenvalue weighted by Gasteiger charge is 2.33. The third-order valence-electron chi connectivity index (χ3n) is 2.41. The van der Waals surface area contributed by atoms with E-state index in [4.69, 9.17) is 5.11 Å². The highest BCUT2D eigenvalue weighted by molar-refractivity contribution is 9.10. The Bertz CT molecular complexity index is 673. The third-order valence-corrected chi connectivity index (χ3v) is 3.91. The lowest BCUT2D eigenvalue weighted by Gasteiger charge is -2.11. The zero-order chi connectivity index (χ0) is 15.6. The normalized spacial score (nSPS) is 11.4. The number of aliphatic carboxylic acids is 1. The van der Waals surface area contributed by atoms with E-state index < -0.39 is 17.7 Å². The highest BCUT2D eigenvalue weighted by Crippen LogP contribution is 2.37. The molecule has 0 amide bonds. The van der Waals surface area contributed by atoms with Gasteiger partial charge in [0.2, 0.25) is 0 Å². The van der Waals surface area contributed by atoms with Gasteiger partial charge in [-0.1, -0.05) is 15.9 Å². The molecule has 0 fully saturated rings. The SMILES string of the molecule is O=C(O)Cc1csc(Nc2ccc(Br)c(C(F)(F)F)c2)n1. The fraction of sp³-hybridized carbons (Fsp3) is 0.167. The van der Waals surface area contributed by atoms with Crippen molar-refractivity contribution in [3.8, 4) is 0 Å². The van der Waals surface area contributed by atoms with Crippen molar-refractivity contribution in [2.24, 2.45) is 0 Å². The van der Waals surface area contributed by atoms with Crippen LogP contribution in [0.3, 0.4) is 0 Å². The molecule has 21 heavy (non-hydrogen) atoms. The van der Waals surface area contributed by atoms with Gasteiger partial charge in [0.1, 0.15) is 0 Å². The lowest BCUT2D eigenvalue weighted by atomic mass is 10.2. The van der Waals surface area contributed by atoms with Crippen LogP contribution in [-0.4, -0.2) is 16.1 Å². The van der Waals surface area contributed by atoms with Gasteiger partial charge < -0.3 is 10.4 Å². The van der Waals surface area contributed by atoms with Crippen LogP contribution in [0.25, 0.3) is 0 Å². The molecular weight excluding hydrogens is 373 g/mol. The Hall–Kier alpha value is -1.61. The Morgan fingerprint density at radius 1 is 1.43 bits per heavy atom. The minimum atomic E-state index is -4.46. The standard InChI is InChI=1S/C12H8BrF3N2O2S/c13-9-2-1-6(3-8(9)12(14,15)16)17-11-18-7(5-21-11)4-10(19)20/h1-3,5H,4H2,(H,17,18)(H,19,20). The molecule has 0 saturated heterocycles. The summed E-state index contributed by atoms with van der Waals surface area (Å²) in [5.74, 6) is -1.02. The van der Waals surface area contributed by atoms with Gasteiger partial charge in [0.15, 0.2) is 5.13 Å². The number of nitrogens with zero attached hydrogens (tertiary/aromatic N) is 1. The number of anilines is 2. The summed E-state index contributed by atoms with van der Waals surface area (Å²) in [6.07, 6.45) is -4.69. The van der Waals surface area contributed by atoms with Crippen LogP contribution in [0, 0.1) is 0 Å². The van der Waals surface area contributed by atoms with Crippen LogP contribution in [-0.2, 0) is 17.4 Å². The number of carboxylic acid groups (broad SMARTS) is 1. The van der Waals surface area contributed by atoms with Crippen LogP contribution in [0.1, 0.15) is 11.3 Å². The van der Waals surface area contributed by atoms with E-state index in [0.717, 1.165) is 17.4 Å². The molecule has 1 aromatic carbocycles. The molecule has 2 aromatic rings. The fourth-order valence-corrected chi connectivity index (χ4v) is 2.75. The number of nitrogens with one attached hydrogen (secondary N) is 1. The molecule has 9 heteroatoms. The van der Waals surface area contributed by atoms with Crippen LogP contribution in [0.4, 0.5) is 24.0 Å². The van der Waals surface area contributed by atoms with Crippen molar-refractivity contribution in [3.63, 3.8) is 0 Å². The quantitative estimate of drug-likeness (QED) is 0.830. The average Bonchev–Trinajstić information content (AvgIpc) is 2.76. The molecule has 0 aliphatic carbocycles. The van der Waals surface area contributed by atoms with E-state index in [2.05, 4.69) is 26.2 Å². The Kier molecular flexibility index (Phi) is 4.52. The smallest absolute Gasteiger partial charge is 0.417 e. The Labute approximate surface area is 129 Å². The summed E-state index contributed by atoms with van der Waals surface area (Å²) in [7, 11) is 0.